The number of allylic oxidation sites excluding steroid dienone is 12. The number of hydrogen-bond donors (Lipinski definition) is 0. The standard InChI is InChI=1S/C18H21P/c1-2-8-16(7-1)13-19(14-17-9-3-4-10-17)15-18-11-5-6-12-18/h1-12,16-18H,13-15H2/p+1. The van der Waals surface area contributed by atoms with Crippen LogP contribution in [0.5, 0.6) is 0 Å². The summed E-state index contributed by atoms with van der Waals surface area (Å²) in [5.41, 5.74) is 0. The Hall–Kier alpha value is -1.13. The van der Waals surface area contributed by atoms with Crippen LogP contribution in [0.4, 0.5) is 0 Å². The summed E-state index contributed by atoms with van der Waals surface area (Å²) in [6, 6.07) is 0. The van der Waals surface area contributed by atoms with Gasteiger partial charge >= 0.3 is 0 Å². The maximum absolute atomic E-state index is 2.37. The lowest BCUT2D eigenvalue weighted by atomic mass is 10.2. The largest absolute Gasteiger partial charge is 0.0741 e. The lowest BCUT2D eigenvalue weighted by Crippen LogP contribution is -2.09. The third kappa shape index (κ3) is 3.67. The summed E-state index contributed by atoms with van der Waals surface area (Å²) in [6.45, 7) is 0. The van der Waals surface area contributed by atoms with Gasteiger partial charge in [-0.2, -0.15) is 0 Å². The molecule has 0 heterocycles. The Balaban J connectivity index is 1.59. The lowest BCUT2D eigenvalue weighted by Gasteiger charge is -2.17. The SMILES string of the molecule is C1=CC(C[PH+](CC2C=CC=C2)CC2C=CC=C2)C=C1. The molecule has 0 aliphatic heterocycles. The Morgan fingerprint density at radius 1 is 0.474 bits per heavy atom. The zero-order valence-corrected chi connectivity index (χ0v) is 12.3. The van der Waals surface area contributed by atoms with Crippen molar-refractivity contribution in [3.05, 3.63) is 72.9 Å². The molecular weight excluding hydrogens is 247 g/mol. The predicted molar refractivity (Wildman–Crippen MR) is 88.2 cm³/mol. The van der Waals surface area contributed by atoms with Crippen LogP contribution in [-0.2, 0) is 0 Å². The third-order valence-electron chi connectivity index (χ3n) is 4.06. The zero-order valence-electron chi connectivity index (χ0n) is 11.3. The topological polar surface area (TPSA) is 0 Å². The van der Waals surface area contributed by atoms with Crippen molar-refractivity contribution < 1.29 is 0 Å². The molecule has 0 aromatic rings. The van der Waals surface area contributed by atoms with E-state index in [9.17, 15) is 0 Å². The molecule has 0 saturated carbocycles. The average Bonchev–Trinajstić information content (AvgIpc) is 3.10. The van der Waals surface area contributed by atoms with Crippen LogP contribution >= 0.6 is 7.92 Å². The molecular formula is C18H22P+. The molecule has 0 fully saturated rings. The first-order valence-corrected chi connectivity index (χ1v) is 9.41. The second-order valence-corrected chi connectivity index (χ2v) is 8.39. The third-order valence-corrected chi connectivity index (χ3v) is 7.20. The summed E-state index contributed by atoms with van der Waals surface area (Å²) in [6.07, 6.45) is 31.6. The van der Waals surface area contributed by atoms with Crippen molar-refractivity contribution in [3.63, 3.8) is 0 Å². The van der Waals surface area contributed by atoms with Crippen LogP contribution in [0.2, 0.25) is 0 Å². The van der Waals surface area contributed by atoms with Gasteiger partial charge in [-0.25, -0.2) is 0 Å². The van der Waals surface area contributed by atoms with E-state index in [1.54, 1.807) is 0 Å². The fourth-order valence-corrected chi connectivity index (χ4v) is 6.41. The quantitative estimate of drug-likeness (QED) is 0.626. The molecule has 0 aromatic heterocycles. The predicted octanol–water partition coefficient (Wildman–Crippen LogP) is 4.43. The van der Waals surface area contributed by atoms with Gasteiger partial charge in [0, 0.05) is 25.7 Å². The van der Waals surface area contributed by atoms with E-state index in [-0.39, 0.29) is 7.92 Å². The van der Waals surface area contributed by atoms with Gasteiger partial charge in [0.1, 0.15) is 0 Å². The highest BCUT2D eigenvalue weighted by Crippen LogP contribution is 2.44. The Morgan fingerprint density at radius 3 is 1.00 bits per heavy atom. The van der Waals surface area contributed by atoms with Gasteiger partial charge in [-0.15, -0.1) is 0 Å². The molecule has 3 aliphatic rings. The molecule has 3 aliphatic carbocycles. The second kappa shape index (κ2) is 6.35. The van der Waals surface area contributed by atoms with Gasteiger partial charge in [0.25, 0.3) is 0 Å². The fraction of sp³-hybridized carbons (Fsp3) is 0.333. The van der Waals surface area contributed by atoms with E-state index < -0.39 is 0 Å². The monoisotopic (exact) mass is 269 g/mol. The summed E-state index contributed by atoms with van der Waals surface area (Å²) in [5.74, 6) is 2.12. The van der Waals surface area contributed by atoms with Crippen molar-refractivity contribution in [2.75, 3.05) is 18.5 Å². The normalized spacial score (nSPS) is 21.9. The first kappa shape index (κ1) is 12.9. The van der Waals surface area contributed by atoms with Crippen LogP contribution in [0.25, 0.3) is 0 Å². The first-order chi connectivity index (χ1) is 9.40. The van der Waals surface area contributed by atoms with Gasteiger partial charge in [-0.3, -0.25) is 0 Å². The van der Waals surface area contributed by atoms with Gasteiger partial charge in [0.2, 0.25) is 0 Å². The highest BCUT2D eigenvalue weighted by Gasteiger charge is 2.26. The molecule has 0 spiro atoms. The van der Waals surface area contributed by atoms with Crippen LogP contribution in [0.1, 0.15) is 0 Å². The van der Waals surface area contributed by atoms with Gasteiger partial charge in [-0.1, -0.05) is 72.9 Å². The van der Waals surface area contributed by atoms with Crippen LogP contribution in [0.3, 0.4) is 0 Å². The molecule has 1 heteroatoms. The molecule has 0 radical (unpaired) electrons. The molecule has 98 valence electrons. The van der Waals surface area contributed by atoms with Crippen molar-refractivity contribution in [1.29, 1.82) is 0 Å². The minimum absolute atomic E-state index is 0.301. The van der Waals surface area contributed by atoms with Gasteiger partial charge in [0.05, 0.1) is 18.5 Å². The molecule has 3 rings (SSSR count). The Morgan fingerprint density at radius 2 is 0.737 bits per heavy atom. The van der Waals surface area contributed by atoms with Crippen molar-refractivity contribution in [2.45, 2.75) is 0 Å². The molecule has 0 nitrogen and oxygen atoms in total. The Labute approximate surface area is 117 Å². The molecule has 0 bridgehead atoms. The molecule has 0 N–H and O–H groups in total. The number of hydrogen-bond acceptors (Lipinski definition) is 0. The van der Waals surface area contributed by atoms with E-state index in [1.165, 1.54) is 18.5 Å². The summed E-state index contributed by atoms with van der Waals surface area (Å²) in [5, 5.41) is 0. The molecule has 0 aromatic carbocycles. The highest BCUT2D eigenvalue weighted by molar-refractivity contribution is 7.57. The van der Waals surface area contributed by atoms with Crippen LogP contribution < -0.4 is 0 Å². The highest BCUT2D eigenvalue weighted by atomic mass is 31.1. The van der Waals surface area contributed by atoms with Gasteiger partial charge < -0.3 is 0 Å². The van der Waals surface area contributed by atoms with Crippen molar-refractivity contribution in [1.82, 2.24) is 0 Å². The van der Waals surface area contributed by atoms with Crippen molar-refractivity contribution >= 4 is 7.92 Å². The van der Waals surface area contributed by atoms with Crippen LogP contribution in [0.15, 0.2) is 72.9 Å². The molecule has 19 heavy (non-hydrogen) atoms. The van der Waals surface area contributed by atoms with Gasteiger partial charge in [-0.05, 0) is 0 Å². The van der Waals surface area contributed by atoms with Crippen LogP contribution in [-0.4, -0.2) is 18.5 Å². The average molecular weight is 269 g/mol. The van der Waals surface area contributed by atoms with E-state index >= 15 is 0 Å². The van der Waals surface area contributed by atoms with E-state index in [1.807, 2.05) is 0 Å². The smallest absolute Gasteiger partial charge is 0.0670 e. The Bertz CT molecular complexity index is 369. The summed E-state index contributed by atoms with van der Waals surface area (Å²) >= 11 is 0. The second-order valence-electron chi connectivity index (χ2n) is 5.66. The summed E-state index contributed by atoms with van der Waals surface area (Å²) in [7, 11) is -0.301. The molecule has 0 unspecified atom stereocenters. The summed E-state index contributed by atoms with van der Waals surface area (Å²) in [4.78, 5) is 0. The maximum Gasteiger partial charge on any atom is 0.0670 e. The lowest BCUT2D eigenvalue weighted by molar-refractivity contribution is 0.894. The molecule has 0 saturated heterocycles. The van der Waals surface area contributed by atoms with E-state index in [2.05, 4.69) is 72.9 Å². The Kier molecular flexibility index (Phi) is 4.30. The van der Waals surface area contributed by atoms with Crippen molar-refractivity contribution in [3.8, 4) is 0 Å². The first-order valence-electron chi connectivity index (χ1n) is 7.29. The number of rotatable bonds is 6. The fourth-order valence-electron chi connectivity index (χ4n) is 3.09. The van der Waals surface area contributed by atoms with Gasteiger partial charge in [0.15, 0.2) is 0 Å². The minimum atomic E-state index is -0.301. The zero-order chi connectivity index (χ0) is 12.9. The van der Waals surface area contributed by atoms with Crippen molar-refractivity contribution in [2.24, 2.45) is 17.8 Å². The van der Waals surface area contributed by atoms with Crippen LogP contribution in [0, 0.1) is 17.8 Å². The molecule has 0 atom stereocenters. The minimum Gasteiger partial charge on any atom is -0.0741 e. The summed E-state index contributed by atoms with van der Waals surface area (Å²) < 4.78 is 0. The van der Waals surface area contributed by atoms with E-state index in [0.29, 0.717) is 17.8 Å². The van der Waals surface area contributed by atoms with E-state index in [0.717, 1.165) is 0 Å². The maximum atomic E-state index is 2.37. The van der Waals surface area contributed by atoms with E-state index in [4.69, 9.17) is 0 Å². The molecule has 0 amide bonds.